The van der Waals surface area contributed by atoms with E-state index in [2.05, 4.69) is 93.2 Å². The Morgan fingerprint density at radius 3 is 2.76 bits per heavy atom. The maximum atomic E-state index is 4.65. The van der Waals surface area contributed by atoms with E-state index in [0.29, 0.717) is 5.92 Å². The van der Waals surface area contributed by atoms with E-state index in [1.165, 1.54) is 12.0 Å². The van der Waals surface area contributed by atoms with Crippen LogP contribution in [0.1, 0.15) is 23.1 Å². The van der Waals surface area contributed by atoms with Gasteiger partial charge in [0.2, 0.25) is 0 Å². The fraction of sp³-hybridized carbons (Fsp3) is 0.259. The summed E-state index contributed by atoms with van der Waals surface area (Å²) in [6.07, 6.45) is 6.88. The van der Waals surface area contributed by atoms with E-state index in [-0.39, 0.29) is 0 Å². The van der Waals surface area contributed by atoms with Crippen LogP contribution in [0.4, 0.5) is 11.5 Å². The van der Waals surface area contributed by atoms with Crippen LogP contribution in [0.2, 0.25) is 0 Å². The molecule has 2 aromatic heterocycles. The number of rotatable bonds is 7. The van der Waals surface area contributed by atoms with Crippen molar-refractivity contribution in [3.05, 3.63) is 84.3 Å². The van der Waals surface area contributed by atoms with Gasteiger partial charge in [-0.05, 0) is 57.0 Å². The highest BCUT2D eigenvalue weighted by Gasteiger charge is 2.15. The van der Waals surface area contributed by atoms with Crippen molar-refractivity contribution in [1.82, 2.24) is 25.0 Å². The van der Waals surface area contributed by atoms with Crippen molar-refractivity contribution in [3.63, 3.8) is 0 Å². The Kier molecular flexibility index (Phi) is 5.84. The number of anilines is 2. The zero-order valence-electron chi connectivity index (χ0n) is 19.2. The molecule has 1 fully saturated rings. The first-order valence-corrected chi connectivity index (χ1v) is 11.5. The highest BCUT2D eigenvalue weighted by Crippen LogP contribution is 2.27. The van der Waals surface area contributed by atoms with E-state index in [1.807, 2.05) is 12.4 Å². The van der Waals surface area contributed by atoms with Crippen LogP contribution in [0.15, 0.2) is 67.6 Å². The molecule has 1 aliphatic heterocycles. The number of benzene rings is 2. The van der Waals surface area contributed by atoms with Gasteiger partial charge in [-0.25, -0.2) is 9.97 Å². The molecule has 1 aliphatic rings. The SMILES string of the molecule is C=C(NCC1CCNC1)c1ccc(Nc2nccn3c(-c4ccc(C)cc4)cnc23)cc1C. The average molecular weight is 439 g/mol. The third-order valence-electron chi connectivity index (χ3n) is 6.36. The summed E-state index contributed by atoms with van der Waals surface area (Å²) in [4.78, 5) is 9.21. The van der Waals surface area contributed by atoms with Gasteiger partial charge in [0, 0.05) is 41.4 Å². The van der Waals surface area contributed by atoms with Gasteiger partial charge in [0.1, 0.15) is 0 Å². The number of fused-ring (bicyclic) bond motifs is 1. The monoisotopic (exact) mass is 438 g/mol. The lowest BCUT2D eigenvalue weighted by Gasteiger charge is -2.16. The Balaban J connectivity index is 1.34. The van der Waals surface area contributed by atoms with Crippen molar-refractivity contribution >= 4 is 22.8 Å². The lowest BCUT2D eigenvalue weighted by Crippen LogP contribution is -2.23. The van der Waals surface area contributed by atoms with Gasteiger partial charge >= 0.3 is 0 Å². The molecular weight excluding hydrogens is 408 g/mol. The second-order valence-corrected chi connectivity index (χ2v) is 8.85. The molecule has 4 aromatic rings. The summed E-state index contributed by atoms with van der Waals surface area (Å²) >= 11 is 0. The number of aromatic nitrogens is 3. The largest absolute Gasteiger partial charge is 0.385 e. The minimum absolute atomic E-state index is 0.675. The molecule has 1 saturated heterocycles. The summed E-state index contributed by atoms with van der Waals surface area (Å²) in [5, 5.41) is 10.4. The van der Waals surface area contributed by atoms with Gasteiger partial charge in [-0.3, -0.25) is 4.40 Å². The molecule has 5 rings (SSSR count). The molecule has 2 aromatic carbocycles. The Bertz CT molecular complexity index is 1280. The maximum Gasteiger partial charge on any atom is 0.180 e. The van der Waals surface area contributed by atoms with E-state index in [4.69, 9.17) is 0 Å². The number of nitrogens with zero attached hydrogens (tertiary/aromatic N) is 3. The maximum absolute atomic E-state index is 4.65. The lowest BCUT2D eigenvalue weighted by atomic mass is 10.0. The zero-order chi connectivity index (χ0) is 22.8. The van der Waals surface area contributed by atoms with E-state index in [1.54, 1.807) is 6.20 Å². The highest BCUT2D eigenvalue weighted by atomic mass is 15.1. The van der Waals surface area contributed by atoms with Gasteiger partial charge in [-0.2, -0.15) is 0 Å². The Morgan fingerprint density at radius 2 is 2.00 bits per heavy atom. The summed E-state index contributed by atoms with van der Waals surface area (Å²) in [5.41, 5.74) is 8.46. The molecule has 0 bridgehead atoms. The van der Waals surface area contributed by atoms with E-state index >= 15 is 0 Å². The molecular formula is C27H30N6. The molecule has 6 heteroatoms. The minimum atomic E-state index is 0.675. The average Bonchev–Trinajstić information content (AvgIpc) is 3.49. The Labute approximate surface area is 194 Å². The van der Waals surface area contributed by atoms with Crippen LogP contribution in [0.3, 0.4) is 0 Å². The standard InChI is InChI=1S/C27H30N6/c1-18-4-6-22(7-5-18)25-17-31-27-26(29-12-13-33(25)27)32-23-8-9-24(19(2)14-23)20(3)30-16-21-10-11-28-15-21/h4-9,12-14,17,21,28,30H,3,10-11,15-16H2,1-2H3,(H,29,32). The molecule has 0 radical (unpaired) electrons. The topological polar surface area (TPSA) is 66.3 Å². The van der Waals surface area contributed by atoms with Crippen molar-refractivity contribution in [1.29, 1.82) is 0 Å². The Hall–Kier alpha value is -3.64. The van der Waals surface area contributed by atoms with Crippen LogP contribution in [0.25, 0.3) is 22.6 Å². The van der Waals surface area contributed by atoms with Gasteiger partial charge in [0.25, 0.3) is 0 Å². The molecule has 1 unspecified atom stereocenters. The van der Waals surface area contributed by atoms with Crippen molar-refractivity contribution in [2.75, 3.05) is 25.0 Å². The first-order chi connectivity index (χ1) is 16.1. The van der Waals surface area contributed by atoms with Crippen LogP contribution in [0.5, 0.6) is 0 Å². The second-order valence-electron chi connectivity index (χ2n) is 8.85. The van der Waals surface area contributed by atoms with Gasteiger partial charge in [-0.1, -0.05) is 42.5 Å². The van der Waals surface area contributed by atoms with Crippen molar-refractivity contribution in [2.45, 2.75) is 20.3 Å². The molecule has 0 amide bonds. The summed E-state index contributed by atoms with van der Waals surface area (Å²) < 4.78 is 2.07. The van der Waals surface area contributed by atoms with Gasteiger partial charge < -0.3 is 16.0 Å². The van der Waals surface area contributed by atoms with Gasteiger partial charge in [0.15, 0.2) is 11.5 Å². The number of aryl methyl sites for hydroxylation is 2. The third-order valence-corrected chi connectivity index (χ3v) is 6.36. The van der Waals surface area contributed by atoms with Crippen molar-refractivity contribution in [2.24, 2.45) is 5.92 Å². The Morgan fingerprint density at radius 1 is 1.15 bits per heavy atom. The van der Waals surface area contributed by atoms with Crippen LogP contribution < -0.4 is 16.0 Å². The predicted molar refractivity (Wildman–Crippen MR) is 136 cm³/mol. The first kappa shape index (κ1) is 21.2. The summed E-state index contributed by atoms with van der Waals surface area (Å²) in [6.45, 7) is 11.6. The van der Waals surface area contributed by atoms with Crippen molar-refractivity contribution < 1.29 is 0 Å². The molecule has 33 heavy (non-hydrogen) atoms. The normalized spacial score (nSPS) is 15.6. The molecule has 168 valence electrons. The van der Waals surface area contributed by atoms with E-state index in [0.717, 1.165) is 64.9 Å². The van der Waals surface area contributed by atoms with Crippen LogP contribution in [-0.2, 0) is 0 Å². The zero-order valence-corrected chi connectivity index (χ0v) is 19.2. The molecule has 3 N–H and O–H groups in total. The number of hydrogen-bond acceptors (Lipinski definition) is 5. The van der Waals surface area contributed by atoms with Crippen LogP contribution in [0, 0.1) is 19.8 Å². The lowest BCUT2D eigenvalue weighted by molar-refractivity contribution is 0.561. The van der Waals surface area contributed by atoms with Gasteiger partial charge in [0.05, 0.1) is 11.9 Å². The third kappa shape index (κ3) is 4.47. The second kappa shape index (κ2) is 9.08. The molecule has 0 spiro atoms. The fourth-order valence-electron chi connectivity index (χ4n) is 4.41. The summed E-state index contributed by atoms with van der Waals surface area (Å²) in [6, 6.07) is 14.8. The quantitative estimate of drug-likeness (QED) is 0.382. The summed E-state index contributed by atoms with van der Waals surface area (Å²) in [7, 11) is 0. The van der Waals surface area contributed by atoms with E-state index in [9.17, 15) is 0 Å². The molecule has 3 heterocycles. The summed E-state index contributed by atoms with van der Waals surface area (Å²) in [5.74, 6) is 1.41. The van der Waals surface area contributed by atoms with Crippen LogP contribution in [-0.4, -0.2) is 34.0 Å². The highest BCUT2D eigenvalue weighted by molar-refractivity contribution is 5.75. The van der Waals surface area contributed by atoms with Crippen LogP contribution >= 0.6 is 0 Å². The fourth-order valence-corrected chi connectivity index (χ4v) is 4.41. The van der Waals surface area contributed by atoms with E-state index < -0.39 is 0 Å². The molecule has 6 nitrogen and oxygen atoms in total. The van der Waals surface area contributed by atoms with Crippen molar-refractivity contribution in [3.8, 4) is 11.3 Å². The molecule has 0 aliphatic carbocycles. The predicted octanol–water partition coefficient (Wildman–Crippen LogP) is 4.93. The number of hydrogen-bond donors (Lipinski definition) is 3. The first-order valence-electron chi connectivity index (χ1n) is 11.5. The minimum Gasteiger partial charge on any atom is -0.385 e. The smallest absolute Gasteiger partial charge is 0.180 e. The molecule has 1 atom stereocenters. The van der Waals surface area contributed by atoms with Gasteiger partial charge in [-0.15, -0.1) is 0 Å². The molecule has 0 saturated carbocycles. The number of imidazole rings is 1. The number of nitrogens with one attached hydrogen (secondary N) is 3.